The van der Waals surface area contributed by atoms with Crippen LogP contribution in [0.15, 0.2) is 54.6 Å². The molecule has 0 bridgehead atoms. The summed E-state index contributed by atoms with van der Waals surface area (Å²) in [6, 6.07) is 16.6. The molecule has 0 saturated carbocycles. The minimum absolute atomic E-state index is 0.0258. The minimum atomic E-state index is -3.67. The van der Waals surface area contributed by atoms with Crippen molar-refractivity contribution >= 4 is 38.4 Å². The van der Waals surface area contributed by atoms with Gasteiger partial charge in [0.25, 0.3) is 10.1 Å². The predicted molar refractivity (Wildman–Crippen MR) is 119 cm³/mol. The van der Waals surface area contributed by atoms with E-state index in [2.05, 4.69) is 0 Å². The van der Waals surface area contributed by atoms with Gasteiger partial charge in [-0.05, 0) is 52.2 Å². The van der Waals surface area contributed by atoms with E-state index >= 15 is 0 Å². The van der Waals surface area contributed by atoms with Gasteiger partial charge < -0.3 is 15.7 Å². The molecule has 0 aliphatic rings. The third-order valence-corrected chi connectivity index (χ3v) is 4.21. The maximum atomic E-state index is 11.6. The van der Waals surface area contributed by atoms with Gasteiger partial charge in [0.05, 0.1) is 11.8 Å². The van der Waals surface area contributed by atoms with Crippen LogP contribution in [0.1, 0.15) is 15.9 Å². The van der Waals surface area contributed by atoms with Crippen LogP contribution in [0.4, 0.5) is 5.69 Å². The first-order valence-electron chi connectivity index (χ1n) is 8.72. The first-order chi connectivity index (χ1) is 13.9. The number of aromatic carboxylic acids is 1. The lowest BCUT2D eigenvalue weighted by Crippen LogP contribution is -2.10. The van der Waals surface area contributed by atoms with Crippen molar-refractivity contribution in [3.05, 3.63) is 65.7 Å². The number of carbonyl (C=O) groups is 1. The Kier molecular flexibility index (Phi) is 6.81. The molecule has 3 rings (SSSR count). The number of nitrogens with one attached hydrogen (secondary N) is 1. The number of fused-ring (bicyclic) bond motifs is 1. The molecule has 5 N–H and O–H groups in total. The number of nitrogens with two attached hydrogens (primary N) is 1. The summed E-state index contributed by atoms with van der Waals surface area (Å²) in [6.45, 7) is 0. The van der Waals surface area contributed by atoms with Gasteiger partial charge >= 0.3 is 5.97 Å². The highest BCUT2D eigenvalue weighted by Gasteiger charge is 2.14. The van der Waals surface area contributed by atoms with Gasteiger partial charge in [-0.3, -0.25) is 9.96 Å². The average Bonchev–Trinajstić information content (AvgIpc) is 2.65. The Morgan fingerprint density at radius 1 is 1.00 bits per heavy atom. The molecule has 0 atom stereocenters. The first kappa shape index (κ1) is 22.9. The van der Waals surface area contributed by atoms with Crippen molar-refractivity contribution in [1.82, 2.24) is 0 Å². The summed E-state index contributed by atoms with van der Waals surface area (Å²) in [5.41, 5.74) is 8.93. The van der Waals surface area contributed by atoms with E-state index in [0.717, 1.165) is 22.0 Å². The molecule has 0 saturated heterocycles. The van der Waals surface area contributed by atoms with E-state index in [1.54, 1.807) is 18.2 Å². The molecule has 0 unspecified atom stereocenters. The largest absolute Gasteiger partial charge is 0.478 e. The Hall–Kier alpha value is -3.43. The zero-order chi connectivity index (χ0) is 22.6. The molecular weight excluding hydrogens is 406 g/mol. The second kappa shape index (κ2) is 8.93. The lowest BCUT2D eigenvalue weighted by Gasteiger charge is -2.16. The summed E-state index contributed by atoms with van der Waals surface area (Å²) >= 11 is 0. The molecule has 8 nitrogen and oxygen atoms in total. The molecule has 3 aromatic rings. The Bertz CT molecular complexity index is 1210. The van der Waals surface area contributed by atoms with Gasteiger partial charge in [0, 0.05) is 25.3 Å². The van der Waals surface area contributed by atoms with Crippen LogP contribution >= 0.6 is 0 Å². The summed E-state index contributed by atoms with van der Waals surface area (Å²) < 4.78 is 25.9. The fourth-order valence-electron chi connectivity index (χ4n) is 2.82. The third-order valence-electron chi connectivity index (χ3n) is 4.21. The zero-order valence-corrected chi connectivity index (χ0v) is 17.6. The van der Waals surface area contributed by atoms with Crippen LogP contribution in [0.2, 0.25) is 0 Å². The van der Waals surface area contributed by atoms with E-state index in [1.807, 2.05) is 55.4 Å². The molecule has 158 valence electrons. The minimum Gasteiger partial charge on any atom is -0.478 e. The van der Waals surface area contributed by atoms with E-state index in [4.69, 9.17) is 15.7 Å². The zero-order valence-electron chi connectivity index (χ0n) is 16.7. The molecule has 0 heterocycles. The van der Waals surface area contributed by atoms with Crippen molar-refractivity contribution in [2.75, 3.05) is 25.3 Å². The quantitative estimate of drug-likeness (QED) is 0.283. The number of rotatable bonds is 4. The van der Waals surface area contributed by atoms with Crippen LogP contribution in [0.25, 0.3) is 21.9 Å². The van der Waals surface area contributed by atoms with Crippen molar-refractivity contribution < 1.29 is 22.9 Å². The van der Waals surface area contributed by atoms with Gasteiger partial charge in [-0.25, -0.2) is 4.79 Å². The van der Waals surface area contributed by atoms with Gasteiger partial charge in [-0.15, -0.1) is 0 Å². The number of nitrogen functional groups attached to an aromatic ring is 1. The average molecular weight is 429 g/mol. The topological polar surface area (TPSA) is 145 Å². The number of amidine groups is 1. The highest BCUT2D eigenvalue weighted by molar-refractivity contribution is 7.85. The molecular formula is C21H23N3O5S. The van der Waals surface area contributed by atoms with E-state index < -0.39 is 16.1 Å². The van der Waals surface area contributed by atoms with E-state index in [-0.39, 0.29) is 11.4 Å². The number of hydrogen-bond donors (Lipinski definition) is 4. The van der Waals surface area contributed by atoms with Crippen LogP contribution in [0.3, 0.4) is 0 Å². The van der Waals surface area contributed by atoms with Gasteiger partial charge in [0.15, 0.2) is 0 Å². The first-order valence-corrected chi connectivity index (χ1v) is 10.6. The number of anilines is 1. The Morgan fingerprint density at radius 2 is 1.57 bits per heavy atom. The second-order valence-electron chi connectivity index (χ2n) is 6.85. The molecule has 30 heavy (non-hydrogen) atoms. The molecule has 0 radical (unpaired) electrons. The number of nitrogens with zero attached hydrogens (tertiary/aromatic N) is 1. The molecule has 0 aliphatic heterocycles. The Morgan fingerprint density at radius 3 is 2.10 bits per heavy atom. The maximum Gasteiger partial charge on any atom is 0.336 e. The summed E-state index contributed by atoms with van der Waals surface area (Å²) in [5, 5.41) is 19.0. The highest BCUT2D eigenvalue weighted by Crippen LogP contribution is 2.31. The van der Waals surface area contributed by atoms with Crippen LogP contribution < -0.4 is 10.6 Å². The number of carboxylic acids is 1. The SMILES string of the molecule is CN(C)c1ccc(C(=O)O)c(-c2ccc3cc(C(=N)N)ccc3c2)c1.CS(=O)(=O)O. The normalized spacial score (nSPS) is 10.8. The standard InChI is InChI=1S/C20H19N3O2.CH4O3S/c1-23(2)16-7-8-17(20(24)25)18(11-16)14-5-3-13-10-15(19(21)22)6-4-12(13)9-14;1-5(2,3)4/h3-11H,1-2H3,(H3,21,22)(H,24,25);1H3,(H,2,3,4). The third kappa shape index (κ3) is 6.03. The maximum absolute atomic E-state index is 11.6. The van der Waals surface area contributed by atoms with Crippen LogP contribution in [0.5, 0.6) is 0 Å². The van der Waals surface area contributed by atoms with Crippen molar-refractivity contribution in [1.29, 1.82) is 5.41 Å². The van der Waals surface area contributed by atoms with E-state index in [1.165, 1.54) is 0 Å². The van der Waals surface area contributed by atoms with Crippen LogP contribution in [-0.4, -0.2) is 50.2 Å². The van der Waals surface area contributed by atoms with Crippen molar-refractivity contribution in [3.63, 3.8) is 0 Å². The van der Waals surface area contributed by atoms with Crippen molar-refractivity contribution in [3.8, 4) is 11.1 Å². The van der Waals surface area contributed by atoms with Crippen molar-refractivity contribution in [2.24, 2.45) is 5.73 Å². The smallest absolute Gasteiger partial charge is 0.336 e. The van der Waals surface area contributed by atoms with Gasteiger partial charge in [0.1, 0.15) is 5.84 Å². The van der Waals surface area contributed by atoms with E-state index in [0.29, 0.717) is 17.4 Å². The Labute approximate surface area is 174 Å². The van der Waals surface area contributed by atoms with E-state index in [9.17, 15) is 18.3 Å². The van der Waals surface area contributed by atoms with Crippen molar-refractivity contribution in [2.45, 2.75) is 0 Å². The summed E-state index contributed by atoms with van der Waals surface area (Å²) in [7, 11) is 0.173. The monoisotopic (exact) mass is 429 g/mol. The molecule has 3 aromatic carbocycles. The molecule has 0 aromatic heterocycles. The number of benzene rings is 3. The van der Waals surface area contributed by atoms with Crippen LogP contribution in [-0.2, 0) is 10.1 Å². The Balaban J connectivity index is 0.000000575. The molecule has 0 fully saturated rings. The van der Waals surface area contributed by atoms with Gasteiger partial charge in [-0.2, -0.15) is 8.42 Å². The fraction of sp³-hybridized carbons (Fsp3) is 0.143. The molecule has 0 aliphatic carbocycles. The lowest BCUT2D eigenvalue weighted by atomic mass is 9.95. The molecule has 9 heteroatoms. The molecule has 0 amide bonds. The number of hydrogen-bond acceptors (Lipinski definition) is 5. The number of carboxylic acid groups (broad SMARTS) is 1. The fourth-order valence-corrected chi connectivity index (χ4v) is 2.82. The van der Waals surface area contributed by atoms with Gasteiger partial charge in [0.2, 0.25) is 0 Å². The lowest BCUT2D eigenvalue weighted by molar-refractivity contribution is 0.0697. The van der Waals surface area contributed by atoms with Gasteiger partial charge in [-0.1, -0.05) is 24.3 Å². The highest BCUT2D eigenvalue weighted by atomic mass is 32.2. The molecule has 0 spiro atoms. The summed E-state index contributed by atoms with van der Waals surface area (Å²) in [6.07, 6.45) is 0.715. The predicted octanol–water partition coefficient (Wildman–Crippen LogP) is 3.06. The van der Waals surface area contributed by atoms with Crippen LogP contribution in [0, 0.1) is 5.41 Å². The second-order valence-corrected chi connectivity index (χ2v) is 8.32. The summed E-state index contributed by atoms with van der Waals surface area (Å²) in [4.78, 5) is 13.5. The summed E-state index contributed by atoms with van der Waals surface area (Å²) in [5.74, 6) is -0.926.